The lowest BCUT2D eigenvalue weighted by molar-refractivity contribution is 0.660. The fourth-order valence-electron chi connectivity index (χ4n) is 7.15. The van der Waals surface area contributed by atoms with Gasteiger partial charge in [-0.15, -0.1) is 0 Å². The van der Waals surface area contributed by atoms with Crippen molar-refractivity contribution in [2.75, 3.05) is 0 Å². The molecule has 0 N–H and O–H groups in total. The minimum atomic E-state index is -0.0809. The van der Waals surface area contributed by atoms with Gasteiger partial charge in [-0.1, -0.05) is 147 Å². The number of furan rings is 1. The van der Waals surface area contributed by atoms with Crippen molar-refractivity contribution in [2.24, 2.45) is 0 Å². The molecule has 0 radical (unpaired) electrons. The second-order valence-corrected chi connectivity index (χ2v) is 12.4. The van der Waals surface area contributed by atoms with Crippen LogP contribution in [0.15, 0.2) is 144 Å². The molecule has 0 saturated carbocycles. The van der Waals surface area contributed by atoms with Gasteiger partial charge in [0.2, 0.25) is 0 Å². The Morgan fingerprint density at radius 3 is 1.74 bits per heavy atom. The van der Waals surface area contributed by atoms with E-state index in [1.165, 1.54) is 27.8 Å². The second kappa shape index (κ2) is 10.1. The Kier molecular flexibility index (Phi) is 5.81. The van der Waals surface area contributed by atoms with Gasteiger partial charge in [0.15, 0.2) is 17.5 Å². The van der Waals surface area contributed by atoms with Crippen molar-refractivity contribution in [1.29, 1.82) is 0 Å². The van der Waals surface area contributed by atoms with Crippen molar-refractivity contribution in [2.45, 2.75) is 19.3 Å². The van der Waals surface area contributed by atoms with Crippen LogP contribution in [0, 0.1) is 0 Å². The van der Waals surface area contributed by atoms with Crippen LogP contribution in [0.3, 0.4) is 0 Å². The largest absolute Gasteiger partial charge is 0.455 e. The first-order valence-electron chi connectivity index (χ1n) is 15.6. The van der Waals surface area contributed by atoms with E-state index in [-0.39, 0.29) is 5.41 Å². The lowest BCUT2D eigenvalue weighted by Crippen LogP contribution is -2.14. The monoisotopic (exact) mass is 591 g/mol. The molecule has 1 aliphatic rings. The van der Waals surface area contributed by atoms with Gasteiger partial charge in [-0.25, -0.2) is 15.0 Å². The van der Waals surface area contributed by atoms with Crippen molar-refractivity contribution in [3.63, 3.8) is 0 Å². The Bertz CT molecular complexity index is 2380. The van der Waals surface area contributed by atoms with Crippen LogP contribution in [0.2, 0.25) is 0 Å². The molecular weight excluding hydrogens is 562 g/mol. The molecule has 4 heteroatoms. The van der Waals surface area contributed by atoms with E-state index >= 15 is 0 Å². The summed E-state index contributed by atoms with van der Waals surface area (Å²) in [4.78, 5) is 15.0. The number of aromatic nitrogens is 3. The Hall–Kier alpha value is -5.87. The molecule has 9 rings (SSSR count). The quantitative estimate of drug-likeness (QED) is 0.204. The molecule has 0 fully saturated rings. The van der Waals surface area contributed by atoms with Gasteiger partial charge in [-0.2, -0.15) is 0 Å². The van der Waals surface area contributed by atoms with Gasteiger partial charge >= 0.3 is 0 Å². The Labute approximate surface area is 267 Å². The van der Waals surface area contributed by atoms with E-state index in [4.69, 9.17) is 19.4 Å². The van der Waals surface area contributed by atoms with Gasteiger partial charge in [0, 0.05) is 38.4 Å². The molecule has 0 unspecified atom stereocenters. The molecule has 1 aliphatic carbocycles. The molecule has 8 aromatic rings. The maximum atomic E-state index is 6.76. The number of hydrogen-bond donors (Lipinski definition) is 0. The lowest BCUT2D eigenvalue weighted by Gasteiger charge is -2.21. The van der Waals surface area contributed by atoms with Gasteiger partial charge in [0.05, 0.1) is 0 Å². The van der Waals surface area contributed by atoms with Crippen molar-refractivity contribution in [3.8, 4) is 56.4 Å². The van der Waals surface area contributed by atoms with Crippen LogP contribution in [-0.2, 0) is 5.41 Å². The van der Waals surface area contributed by atoms with Crippen molar-refractivity contribution in [1.82, 2.24) is 15.0 Å². The summed E-state index contributed by atoms with van der Waals surface area (Å²) in [6.07, 6.45) is 0. The molecule has 0 amide bonds. The highest BCUT2D eigenvalue weighted by Crippen LogP contribution is 2.53. The summed E-state index contributed by atoms with van der Waals surface area (Å²) in [5.74, 6) is 1.88. The molecule has 0 bridgehead atoms. The van der Waals surface area contributed by atoms with Gasteiger partial charge < -0.3 is 4.42 Å². The summed E-state index contributed by atoms with van der Waals surface area (Å²) < 4.78 is 6.76. The predicted molar refractivity (Wildman–Crippen MR) is 186 cm³/mol. The first-order chi connectivity index (χ1) is 22.6. The highest BCUT2D eigenvalue weighted by atomic mass is 16.3. The van der Waals surface area contributed by atoms with Gasteiger partial charge in [-0.05, 0) is 33.9 Å². The number of nitrogens with zero attached hydrogens (tertiary/aromatic N) is 3. The molecule has 0 aliphatic heterocycles. The van der Waals surface area contributed by atoms with Crippen LogP contribution in [0.4, 0.5) is 0 Å². The second-order valence-electron chi connectivity index (χ2n) is 12.4. The standard InChI is InChI=1S/C42H29N3O/c1-42(2)33-23-10-9-18-30(33)36-28(19-12-24-34(36)42)29-20-11-21-31-37-32(22-13-25-35(37)46-38(29)31)41-44-39(26-14-5-3-6-15-26)43-40(45-41)27-16-7-4-8-17-27/h3-25H,1-2H3. The van der Waals surface area contributed by atoms with Crippen molar-refractivity contribution in [3.05, 3.63) is 151 Å². The molecule has 46 heavy (non-hydrogen) atoms. The smallest absolute Gasteiger partial charge is 0.164 e. The normalized spacial score (nSPS) is 13.2. The molecule has 2 aromatic heterocycles. The SMILES string of the molecule is CC1(C)c2ccccc2-c2c(-c3cccc4c3oc3cccc(-c5nc(-c6ccccc6)nc(-c6ccccc6)n5)c34)cccc21. The predicted octanol–water partition coefficient (Wildman–Crippen LogP) is 10.7. The molecule has 6 aromatic carbocycles. The number of para-hydroxylation sites is 1. The first kappa shape index (κ1) is 26.5. The van der Waals surface area contributed by atoms with Crippen LogP contribution in [-0.4, -0.2) is 15.0 Å². The van der Waals surface area contributed by atoms with Crippen molar-refractivity contribution < 1.29 is 4.42 Å². The minimum absolute atomic E-state index is 0.0809. The van der Waals surface area contributed by atoms with Crippen LogP contribution in [0.25, 0.3) is 78.4 Å². The molecule has 2 heterocycles. The third-order valence-electron chi connectivity index (χ3n) is 9.36. The van der Waals surface area contributed by atoms with Crippen molar-refractivity contribution >= 4 is 21.9 Å². The molecular formula is C42H29N3O. The summed E-state index contributed by atoms with van der Waals surface area (Å²) >= 11 is 0. The Balaban J connectivity index is 1.29. The van der Waals surface area contributed by atoms with Gasteiger partial charge in [0.1, 0.15) is 11.2 Å². The zero-order valence-electron chi connectivity index (χ0n) is 25.5. The maximum absolute atomic E-state index is 6.76. The minimum Gasteiger partial charge on any atom is -0.455 e. The van der Waals surface area contributed by atoms with Crippen LogP contribution >= 0.6 is 0 Å². The van der Waals surface area contributed by atoms with E-state index in [0.29, 0.717) is 17.5 Å². The first-order valence-corrected chi connectivity index (χ1v) is 15.6. The topological polar surface area (TPSA) is 51.8 Å². The van der Waals surface area contributed by atoms with E-state index in [0.717, 1.165) is 44.2 Å². The average Bonchev–Trinajstić information content (AvgIpc) is 3.61. The Morgan fingerprint density at radius 1 is 0.457 bits per heavy atom. The summed E-state index contributed by atoms with van der Waals surface area (Å²) in [5, 5.41) is 2.03. The zero-order chi connectivity index (χ0) is 30.8. The lowest BCUT2D eigenvalue weighted by atomic mass is 9.82. The van der Waals surface area contributed by atoms with E-state index in [1.54, 1.807) is 0 Å². The van der Waals surface area contributed by atoms with Crippen LogP contribution < -0.4 is 0 Å². The fourth-order valence-corrected chi connectivity index (χ4v) is 7.15. The third-order valence-corrected chi connectivity index (χ3v) is 9.36. The van der Waals surface area contributed by atoms with Gasteiger partial charge in [-0.3, -0.25) is 0 Å². The summed E-state index contributed by atoms with van der Waals surface area (Å²) in [6, 6.07) is 48.2. The van der Waals surface area contributed by atoms with E-state index < -0.39 is 0 Å². The number of benzene rings is 6. The zero-order valence-corrected chi connectivity index (χ0v) is 25.5. The summed E-state index contributed by atoms with van der Waals surface area (Å²) in [7, 11) is 0. The van der Waals surface area contributed by atoms with E-state index in [2.05, 4.69) is 80.6 Å². The van der Waals surface area contributed by atoms with Crippen LogP contribution in [0.1, 0.15) is 25.0 Å². The average molecular weight is 592 g/mol. The molecule has 4 nitrogen and oxygen atoms in total. The van der Waals surface area contributed by atoms with E-state index in [9.17, 15) is 0 Å². The van der Waals surface area contributed by atoms with Gasteiger partial charge in [0.25, 0.3) is 0 Å². The number of fused-ring (bicyclic) bond motifs is 6. The van der Waals surface area contributed by atoms with Crippen LogP contribution in [0.5, 0.6) is 0 Å². The highest BCUT2D eigenvalue weighted by Gasteiger charge is 2.37. The number of rotatable bonds is 4. The summed E-state index contributed by atoms with van der Waals surface area (Å²) in [6.45, 7) is 4.63. The third kappa shape index (κ3) is 3.97. The number of hydrogen-bond acceptors (Lipinski definition) is 4. The molecule has 0 spiro atoms. The summed E-state index contributed by atoms with van der Waals surface area (Å²) in [5.41, 5.74) is 11.9. The fraction of sp³-hybridized carbons (Fsp3) is 0.0714. The molecule has 218 valence electrons. The molecule has 0 atom stereocenters. The highest BCUT2D eigenvalue weighted by molar-refractivity contribution is 6.15. The Morgan fingerprint density at radius 2 is 1.00 bits per heavy atom. The molecule has 0 saturated heterocycles. The maximum Gasteiger partial charge on any atom is 0.164 e. The van der Waals surface area contributed by atoms with E-state index in [1.807, 2.05) is 72.8 Å².